The SMILES string of the molecule is COc1ccc2c(c1)C(=O)N(C[C@](C)(NC(=O)NC=O)c1cc3nc(-c4cnn(CC(C)C)c4)ccc3o1)C2. The smallest absolute Gasteiger partial charge is 0.322 e. The van der Waals surface area contributed by atoms with Gasteiger partial charge in [-0.25, -0.2) is 9.78 Å². The summed E-state index contributed by atoms with van der Waals surface area (Å²) in [5.74, 6) is 1.25. The average Bonchev–Trinajstić information content (AvgIpc) is 3.61. The average molecular weight is 531 g/mol. The Morgan fingerprint density at radius 1 is 1.26 bits per heavy atom. The van der Waals surface area contributed by atoms with E-state index >= 15 is 0 Å². The molecule has 5 rings (SSSR count). The Balaban J connectivity index is 1.46. The van der Waals surface area contributed by atoms with Gasteiger partial charge in [0.2, 0.25) is 6.41 Å². The second kappa shape index (κ2) is 10.2. The van der Waals surface area contributed by atoms with Gasteiger partial charge in [0.05, 0.1) is 25.5 Å². The van der Waals surface area contributed by atoms with Crippen LogP contribution in [0.4, 0.5) is 4.79 Å². The summed E-state index contributed by atoms with van der Waals surface area (Å²) in [5, 5.41) is 9.33. The first-order valence-corrected chi connectivity index (χ1v) is 12.6. The Labute approximate surface area is 225 Å². The molecule has 11 heteroatoms. The van der Waals surface area contributed by atoms with E-state index in [0.29, 0.717) is 47.0 Å². The van der Waals surface area contributed by atoms with Crippen molar-refractivity contribution in [3.05, 3.63) is 65.7 Å². The zero-order valence-electron chi connectivity index (χ0n) is 22.2. The molecule has 3 aromatic heterocycles. The van der Waals surface area contributed by atoms with Crippen molar-refractivity contribution >= 4 is 29.4 Å². The summed E-state index contributed by atoms with van der Waals surface area (Å²) in [5.41, 5.74) is 2.94. The lowest BCUT2D eigenvalue weighted by molar-refractivity contribution is -0.108. The van der Waals surface area contributed by atoms with Crippen molar-refractivity contribution in [3.8, 4) is 17.0 Å². The molecule has 4 amide bonds. The molecule has 202 valence electrons. The third-order valence-corrected chi connectivity index (χ3v) is 6.68. The van der Waals surface area contributed by atoms with E-state index in [1.807, 2.05) is 29.1 Å². The predicted molar refractivity (Wildman–Crippen MR) is 143 cm³/mol. The molecule has 1 aromatic carbocycles. The number of amides is 4. The number of fused-ring (bicyclic) bond motifs is 2. The summed E-state index contributed by atoms with van der Waals surface area (Å²) in [6, 6.07) is 10.1. The van der Waals surface area contributed by atoms with Gasteiger partial charge in [0.25, 0.3) is 5.91 Å². The zero-order chi connectivity index (χ0) is 27.7. The molecule has 0 radical (unpaired) electrons. The van der Waals surface area contributed by atoms with Crippen LogP contribution in [-0.4, -0.2) is 51.7 Å². The molecule has 4 aromatic rings. The molecule has 4 heterocycles. The zero-order valence-corrected chi connectivity index (χ0v) is 22.2. The lowest BCUT2D eigenvalue weighted by atomic mass is 9.98. The molecule has 1 atom stereocenters. The number of rotatable bonds is 9. The van der Waals surface area contributed by atoms with Crippen LogP contribution in [0, 0.1) is 5.92 Å². The number of carbonyl (C=O) groups is 3. The number of hydrogen-bond donors (Lipinski definition) is 2. The normalized spacial score (nSPS) is 14.4. The van der Waals surface area contributed by atoms with Gasteiger partial charge in [0.15, 0.2) is 5.58 Å². The first-order valence-electron chi connectivity index (χ1n) is 12.6. The maximum absolute atomic E-state index is 13.3. The summed E-state index contributed by atoms with van der Waals surface area (Å²) in [7, 11) is 1.55. The van der Waals surface area contributed by atoms with Gasteiger partial charge in [-0.05, 0) is 42.7 Å². The standard InChI is InChI=1S/C28H30N6O5/c1-17(2)12-34-14-19(11-30-34)22-7-8-24-23(31-22)10-25(39-24)28(3,32-27(37)29-16-35)15-33-13-18-5-6-20(38-4)9-21(18)26(33)36/h5-11,14,16-17H,12-13,15H2,1-4H3,(H2,29,32,35,37)/t28-/m0/s1. The first kappa shape index (κ1) is 26.0. The summed E-state index contributed by atoms with van der Waals surface area (Å²) in [4.78, 5) is 43.1. The van der Waals surface area contributed by atoms with Crippen molar-refractivity contribution in [2.45, 2.75) is 39.4 Å². The molecule has 0 unspecified atom stereocenters. The number of nitrogens with zero attached hydrogens (tertiary/aromatic N) is 4. The van der Waals surface area contributed by atoms with Gasteiger partial charge in [0, 0.05) is 36.5 Å². The molecule has 0 fully saturated rings. The fraction of sp³-hybridized carbons (Fsp3) is 0.321. The van der Waals surface area contributed by atoms with E-state index in [4.69, 9.17) is 14.1 Å². The van der Waals surface area contributed by atoms with Crippen LogP contribution in [0.3, 0.4) is 0 Å². The number of benzene rings is 1. The monoisotopic (exact) mass is 530 g/mol. The number of pyridine rings is 1. The van der Waals surface area contributed by atoms with Crippen molar-refractivity contribution in [3.63, 3.8) is 0 Å². The largest absolute Gasteiger partial charge is 0.497 e. The molecule has 0 saturated heterocycles. The fourth-order valence-electron chi connectivity index (χ4n) is 4.82. The number of hydrogen-bond acceptors (Lipinski definition) is 7. The lowest BCUT2D eigenvalue weighted by Crippen LogP contribution is -2.53. The Kier molecular flexibility index (Phi) is 6.81. The lowest BCUT2D eigenvalue weighted by Gasteiger charge is -2.32. The van der Waals surface area contributed by atoms with Crippen molar-refractivity contribution in [1.82, 2.24) is 30.3 Å². The molecular formula is C28H30N6O5. The third kappa shape index (κ3) is 5.20. The topological polar surface area (TPSA) is 132 Å². The van der Waals surface area contributed by atoms with Gasteiger partial charge in [-0.15, -0.1) is 0 Å². The third-order valence-electron chi connectivity index (χ3n) is 6.68. The summed E-state index contributed by atoms with van der Waals surface area (Å²) in [6.45, 7) is 7.24. The van der Waals surface area contributed by atoms with Gasteiger partial charge in [-0.1, -0.05) is 19.9 Å². The maximum atomic E-state index is 13.3. The first-order chi connectivity index (χ1) is 18.7. The Morgan fingerprint density at radius 3 is 2.82 bits per heavy atom. The summed E-state index contributed by atoms with van der Waals surface area (Å²) < 4.78 is 13.3. The van der Waals surface area contributed by atoms with Gasteiger partial charge < -0.3 is 19.4 Å². The number of imide groups is 1. The van der Waals surface area contributed by atoms with Crippen LogP contribution in [0.15, 0.2) is 53.2 Å². The van der Waals surface area contributed by atoms with Crippen LogP contribution in [0.25, 0.3) is 22.4 Å². The van der Waals surface area contributed by atoms with E-state index in [0.717, 1.165) is 23.4 Å². The fourth-order valence-corrected chi connectivity index (χ4v) is 4.82. The Bertz CT molecular complexity index is 1560. The summed E-state index contributed by atoms with van der Waals surface area (Å²) in [6.07, 6.45) is 4.03. The van der Waals surface area contributed by atoms with E-state index in [-0.39, 0.29) is 12.5 Å². The summed E-state index contributed by atoms with van der Waals surface area (Å²) >= 11 is 0. The number of nitrogens with one attached hydrogen (secondary N) is 2. The number of carbonyl (C=O) groups excluding carboxylic acids is 3. The number of methoxy groups -OCH3 is 1. The number of furan rings is 1. The molecular weight excluding hydrogens is 500 g/mol. The van der Waals surface area contributed by atoms with Crippen LogP contribution < -0.4 is 15.4 Å². The minimum atomic E-state index is -1.18. The molecule has 0 spiro atoms. The maximum Gasteiger partial charge on any atom is 0.322 e. The molecule has 11 nitrogen and oxygen atoms in total. The minimum Gasteiger partial charge on any atom is -0.497 e. The van der Waals surface area contributed by atoms with Crippen molar-refractivity contribution in [1.29, 1.82) is 0 Å². The Hall–Kier alpha value is -4.67. The minimum absolute atomic E-state index is 0.0871. The van der Waals surface area contributed by atoms with Crippen LogP contribution in [0.5, 0.6) is 5.75 Å². The van der Waals surface area contributed by atoms with E-state index in [2.05, 4.69) is 29.6 Å². The highest BCUT2D eigenvalue weighted by atomic mass is 16.5. The molecule has 1 aliphatic rings. The van der Waals surface area contributed by atoms with E-state index in [1.54, 1.807) is 43.3 Å². The highest BCUT2D eigenvalue weighted by Gasteiger charge is 2.39. The Morgan fingerprint density at radius 2 is 2.08 bits per heavy atom. The quantitative estimate of drug-likeness (QED) is 0.316. The van der Waals surface area contributed by atoms with E-state index < -0.39 is 11.6 Å². The van der Waals surface area contributed by atoms with Crippen molar-refractivity contribution in [2.24, 2.45) is 5.92 Å². The van der Waals surface area contributed by atoms with Crippen LogP contribution in [-0.2, 0) is 23.4 Å². The molecule has 0 aliphatic carbocycles. The number of aromatic nitrogens is 3. The van der Waals surface area contributed by atoms with Gasteiger partial charge in [-0.2, -0.15) is 5.10 Å². The van der Waals surface area contributed by atoms with Crippen LogP contribution >= 0.6 is 0 Å². The van der Waals surface area contributed by atoms with Crippen LogP contribution in [0.1, 0.15) is 42.5 Å². The molecule has 2 N–H and O–H groups in total. The predicted octanol–water partition coefficient (Wildman–Crippen LogP) is 3.68. The van der Waals surface area contributed by atoms with Gasteiger partial charge in [0.1, 0.15) is 22.6 Å². The highest BCUT2D eigenvalue weighted by Crippen LogP contribution is 2.33. The molecule has 1 aliphatic heterocycles. The van der Waals surface area contributed by atoms with E-state index in [9.17, 15) is 14.4 Å². The highest BCUT2D eigenvalue weighted by molar-refractivity contribution is 5.99. The second-order valence-corrected chi connectivity index (χ2v) is 10.3. The van der Waals surface area contributed by atoms with Gasteiger partial charge >= 0.3 is 6.03 Å². The van der Waals surface area contributed by atoms with Crippen molar-refractivity contribution in [2.75, 3.05) is 13.7 Å². The molecule has 39 heavy (non-hydrogen) atoms. The second-order valence-electron chi connectivity index (χ2n) is 10.3. The van der Waals surface area contributed by atoms with E-state index in [1.165, 1.54) is 0 Å². The molecule has 0 bridgehead atoms. The number of urea groups is 1. The van der Waals surface area contributed by atoms with Crippen LogP contribution in [0.2, 0.25) is 0 Å². The van der Waals surface area contributed by atoms with Gasteiger partial charge in [-0.3, -0.25) is 19.6 Å². The number of ether oxygens (including phenoxy) is 1. The molecule has 0 saturated carbocycles. The van der Waals surface area contributed by atoms with Crippen molar-refractivity contribution < 1.29 is 23.5 Å².